The van der Waals surface area contributed by atoms with E-state index in [9.17, 15) is 8.42 Å². The molecule has 4 nitrogen and oxygen atoms in total. The van der Waals surface area contributed by atoms with Crippen molar-refractivity contribution < 1.29 is 8.42 Å². The molecule has 20 heavy (non-hydrogen) atoms. The van der Waals surface area contributed by atoms with E-state index in [1.54, 1.807) is 12.1 Å². The van der Waals surface area contributed by atoms with E-state index in [1.807, 2.05) is 12.1 Å². The summed E-state index contributed by atoms with van der Waals surface area (Å²) in [7, 11) is -3.19. The maximum Gasteiger partial charge on any atom is 0.177 e. The lowest BCUT2D eigenvalue weighted by Gasteiger charge is -2.29. The molecule has 0 spiro atoms. The third kappa shape index (κ3) is 2.44. The van der Waals surface area contributed by atoms with Crippen LogP contribution in [0.15, 0.2) is 29.2 Å². The number of hydrogen-bond donors (Lipinski definition) is 1. The Hall–Kier alpha value is -1.07. The van der Waals surface area contributed by atoms with Crippen molar-refractivity contribution in [3.05, 3.63) is 24.3 Å². The van der Waals surface area contributed by atoms with Crippen molar-refractivity contribution >= 4 is 15.5 Å². The van der Waals surface area contributed by atoms with Gasteiger partial charge in [-0.1, -0.05) is 18.6 Å². The lowest BCUT2D eigenvalue weighted by atomic mass is 9.78. The van der Waals surface area contributed by atoms with Gasteiger partial charge in [0.15, 0.2) is 9.84 Å². The number of benzene rings is 1. The summed E-state index contributed by atoms with van der Waals surface area (Å²) in [5.41, 5.74) is 7.08. The maximum atomic E-state index is 11.9. The van der Waals surface area contributed by atoms with E-state index >= 15 is 0 Å². The van der Waals surface area contributed by atoms with E-state index in [1.165, 1.54) is 19.1 Å². The molecule has 1 aliphatic carbocycles. The molecular weight excluding hydrogens is 272 g/mol. The summed E-state index contributed by atoms with van der Waals surface area (Å²) in [6.07, 6.45) is 4.79. The Morgan fingerprint density at radius 1 is 1.20 bits per heavy atom. The highest BCUT2D eigenvalue weighted by atomic mass is 32.2. The summed E-state index contributed by atoms with van der Waals surface area (Å²) in [6, 6.07) is 7.58. The van der Waals surface area contributed by atoms with Crippen LogP contribution in [-0.4, -0.2) is 33.8 Å². The lowest BCUT2D eigenvalue weighted by molar-refractivity contribution is 0.260. The van der Waals surface area contributed by atoms with E-state index in [2.05, 4.69) is 4.90 Å². The largest absolute Gasteiger partial charge is 0.370 e. The quantitative estimate of drug-likeness (QED) is 0.901. The van der Waals surface area contributed by atoms with Crippen molar-refractivity contribution in [2.75, 3.05) is 24.2 Å². The SMILES string of the molecule is CS(=O)(=O)c1ccccc1N1CC2CCCC(N)C2C1. The second kappa shape index (κ2) is 5.04. The number of nitrogens with zero attached hydrogens (tertiary/aromatic N) is 1. The zero-order chi connectivity index (χ0) is 14.3. The zero-order valence-corrected chi connectivity index (χ0v) is 12.6. The molecule has 2 aliphatic rings. The highest BCUT2D eigenvalue weighted by Gasteiger charge is 2.39. The molecule has 1 aliphatic heterocycles. The number of anilines is 1. The van der Waals surface area contributed by atoms with Crippen LogP contribution in [-0.2, 0) is 9.84 Å². The third-order valence-corrected chi connectivity index (χ3v) is 5.90. The van der Waals surface area contributed by atoms with Gasteiger partial charge in [-0.25, -0.2) is 8.42 Å². The van der Waals surface area contributed by atoms with Crippen LogP contribution in [0.4, 0.5) is 5.69 Å². The van der Waals surface area contributed by atoms with Gasteiger partial charge < -0.3 is 10.6 Å². The number of fused-ring (bicyclic) bond motifs is 1. The second-order valence-corrected chi connectivity index (χ2v) is 8.15. The van der Waals surface area contributed by atoms with Crippen molar-refractivity contribution in [3.63, 3.8) is 0 Å². The van der Waals surface area contributed by atoms with Crippen LogP contribution in [0, 0.1) is 11.8 Å². The van der Waals surface area contributed by atoms with Crippen LogP contribution in [0.3, 0.4) is 0 Å². The van der Waals surface area contributed by atoms with Crippen molar-refractivity contribution in [2.45, 2.75) is 30.2 Å². The molecular formula is C15H22N2O2S. The van der Waals surface area contributed by atoms with Gasteiger partial charge in [-0.05, 0) is 36.8 Å². The van der Waals surface area contributed by atoms with Gasteiger partial charge in [-0.15, -0.1) is 0 Å². The minimum atomic E-state index is -3.19. The molecule has 3 atom stereocenters. The molecule has 2 fully saturated rings. The summed E-state index contributed by atoms with van der Waals surface area (Å²) in [5.74, 6) is 1.13. The Labute approximate surface area is 120 Å². The second-order valence-electron chi connectivity index (χ2n) is 6.16. The van der Waals surface area contributed by atoms with Gasteiger partial charge in [0.1, 0.15) is 0 Å². The highest BCUT2D eigenvalue weighted by molar-refractivity contribution is 7.90. The Balaban J connectivity index is 1.92. The number of para-hydroxylation sites is 1. The van der Waals surface area contributed by atoms with Gasteiger partial charge in [0.25, 0.3) is 0 Å². The zero-order valence-electron chi connectivity index (χ0n) is 11.8. The Morgan fingerprint density at radius 3 is 2.65 bits per heavy atom. The van der Waals surface area contributed by atoms with Crippen LogP contribution in [0.2, 0.25) is 0 Å². The first-order chi connectivity index (χ1) is 9.47. The van der Waals surface area contributed by atoms with Gasteiger partial charge in [0.05, 0.1) is 10.6 Å². The molecule has 1 heterocycles. The van der Waals surface area contributed by atoms with Crippen LogP contribution in [0.1, 0.15) is 19.3 Å². The molecule has 0 amide bonds. The number of nitrogens with two attached hydrogens (primary N) is 1. The van der Waals surface area contributed by atoms with Gasteiger partial charge in [-0.2, -0.15) is 0 Å². The van der Waals surface area contributed by atoms with Crippen molar-refractivity contribution in [1.29, 1.82) is 0 Å². The highest BCUT2D eigenvalue weighted by Crippen LogP contribution is 2.39. The van der Waals surface area contributed by atoms with Crippen LogP contribution < -0.4 is 10.6 Å². The normalized spacial score (nSPS) is 30.3. The van der Waals surface area contributed by atoms with Crippen LogP contribution >= 0.6 is 0 Å². The van der Waals surface area contributed by atoms with E-state index < -0.39 is 9.84 Å². The molecule has 110 valence electrons. The van der Waals surface area contributed by atoms with Crippen molar-refractivity contribution in [3.8, 4) is 0 Å². The van der Waals surface area contributed by atoms with E-state index in [0.717, 1.165) is 25.2 Å². The molecule has 1 aromatic carbocycles. The summed E-state index contributed by atoms with van der Waals surface area (Å²) >= 11 is 0. The number of sulfone groups is 1. The Morgan fingerprint density at radius 2 is 1.95 bits per heavy atom. The molecule has 1 saturated carbocycles. The molecule has 1 saturated heterocycles. The molecule has 1 aromatic rings. The molecule has 0 bridgehead atoms. The summed E-state index contributed by atoms with van der Waals surface area (Å²) in [4.78, 5) is 2.66. The monoisotopic (exact) mass is 294 g/mol. The van der Waals surface area contributed by atoms with Gasteiger partial charge in [-0.3, -0.25) is 0 Å². The summed E-state index contributed by atoms with van der Waals surface area (Å²) in [5, 5.41) is 0. The molecule has 0 radical (unpaired) electrons. The molecule has 3 rings (SSSR count). The van der Waals surface area contributed by atoms with Gasteiger partial charge in [0, 0.05) is 25.4 Å². The smallest absolute Gasteiger partial charge is 0.177 e. The minimum Gasteiger partial charge on any atom is -0.370 e. The summed E-state index contributed by atoms with van der Waals surface area (Å²) < 4.78 is 23.9. The fourth-order valence-electron chi connectivity index (χ4n) is 3.75. The fourth-order valence-corrected chi connectivity index (χ4v) is 4.65. The van der Waals surface area contributed by atoms with E-state index in [-0.39, 0.29) is 6.04 Å². The average Bonchev–Trinajstić information content (AvgIpc) is 2.83. The first-order valence-electron chi connectivity index (χ1n) is 7.26. The lowest BCUT2D eigenvalue weighted by Crippen LogP contribution is -2.38. The standard InChI is InChI=1S/C15H22N2O2S/c1-20(18,19)15-8-3-2-7-14(15)17-9-11-5-4-6-13(16)12(11)10-17/h2-3,7-8,11-13H,4-6,9-10,16H2,1H3. The number of rotatable bonds is 2. The van der Waals surface area contributed by atoms with Crippen molar-refractivity contribution in [2.24, 2.45) is 17.6 Å². The Bertz CT molecular complexity index is 600. The van der Waals surface area contributed by atoms with E-state index in [0.29, 0.717) is 16.7 Å². The molecule has 5 heteroatoms. The average molecular weight is 294 g/mol. The predicted octanol–water partition coefficient (Wildman–Crippen LogP) is 1.65. The Kier molecular flexibility index (Phi) is 3.50. The topological polar surface area (TPSA) is 63.4 Å². The third-order valence-electron chi connectivity index (χ3n) is 4.76. The first kappa shape index (κ1) is 13.9. The maximum absolute atomic E-state index is 11.9. The van der Waals surface area contributed by atoms with Crippen molar-refractivity contribution in [1.82, 2.24) is 0 Å². The minimum absolute atomic E-state index is 0.268. The number of hydrogen-bond acceptors (Lipinski definition) is 4. The molecule has 0 aromatic heterocycles. The van der Waals surface area contributed by atoms with Gasteiger partial charge >= 0.3 is 0 Å². The first-order valence-corrected chi connectivity index (χ1v) is 9.15. The van der Waals surface area contributed by atoms with Crippen LogP contribution in [0.25, 0.3) is 0 Å². The van der Waals surface area contributed by atoms with E-state index in [4.69, 9.17) is 5.73 Å². The predicted molar refractivity (Wildman–Crippen MR) is 80.6 cm³/mol. The summed E-state index contributed by atoms with van der Waals surface area (Å²) in [6.45, 7) is 1.82. The van der Waals surface area contributed by atoms with Gasteiger partial charge in [0.2, 0.25) is 0 Å². The fraction of sp³-hybridized carbons (Fsp3) is 0.600. The van der Waals surface area contributed by atoms with Crippen LogP contribution in [0.5, 0.6) is 0 Å². The molecule has 3 unspecified atom stereocenters. The molecule has 2 N–H and O–H groups in total.